The fourth-order valence-electron chi connectivity index (χ4n) is 2.68. The summed E-state index contributed by atoms with van der Waals surface area (Å²) in [5.74, 6) is -0.236. The van der Waals surface area contributed by atoms with E-state index in [9.17, 15) is 13.2 Å². The van der Waals surface area contributed by atoms with Gasteiger partial charge in [0.15, 0.2) is 16.4 Å². The van der Waals surface area contributed by atoms with Crippen molar-refractivity contribution in [2.24, 2.45) is 0 Å². The van der Waals surface area contributed by atoms with Crippen LogP contribution in [-0.2, 0) is 21.2 Å². The van der Waals surface area contributed by atoms with E-state index in [4.69, 9.17) is 0 Å². The lowest BCUT2D eigenvalue weighted by Gasteiger charge is -2.13. The molecule has 0 aliphatic carbocycles. The Morgan fingerprint density at radius 1 is 1.15 bits per heavy atom. The summed E-state index contributed by atoms with van der Waals surface area (Å²) in [6, 6.07) is 14.3. The highest BCUT2D eigenvalue weighted by Gasteiger charge is 2.17. The topological polar surface area (TPSA) is 80.6 Å². The molecule has 2 aromatic carbocycles. The molecule has 3 aromatic rings. The van der Waals surface area contributed by atoms with Gasteiger partial charge >= 0.3 is 0 Å². The molecule has 1 amide bonds. The summed E-state index contributed by atoms with van der Waals surface area (Å²) in [6.07, 6.45) is 1.13. The Bertz CT molecular complexity index is 1010. The van der Waals surface area contributed by atoms with Crippen LogP contribution in [0, 0.1) is 0 Å². The SMILES string of the molecule is C[NH+](CC(=O)Nc1ccccc1S(C)(=O)=O)Cc1nc2ccccc2s1. The van der Waals surface area contributed by atoms with Gasteiger partial charge in [-0.2, -0.15) is 0 Å². The average Bonchev–Trinajstić information content (AvgIpc) is 2.96. The summed E-state index contributed by atoms with van der Waals surface area (Å²) in [7, 11) is -1.49. The molecule has 1 aromatic heterocycles. The molecule has 2 N–H and O–H groups in total. The molecule has 26 heavy (non-hydrogen) atoms. The molecule has 0 saturated carbocycles. The molecule has 3 rings (SSSR count). The minimum atomic E-state index is -3.40. The van der Waals surface area contributed by atoms with Gasteiger partial charge in [0.1, 0.15) is 11.6 Å². The third kappa shape index (κ3) is 4.46. The molecule has 0 bridgehead atoms. The number of aromatic nitrogens is 1. The minimum Gasteiger partial charge on any atom is -0.324 e. The second kappa shape index (κ2) is 7.53. The minimum absolute atomic E-state index is 0.122. The van der Waals surface area contributed by atoms with Crippen LogP contribution >= 0.6 is 11.3 Å². The number of fused-ring (bicyclic) bond motifs is 1. The number of nitrogens with one attached hydrogen (secondary N) is 2. The molecule has 136 valence electrons. The number of rotatable bonds is 6. The third-order valence-electron chi connectivity index (χ3n) is 3.81. The van der Waals surface area contributed by atoms with E-state index >= 15 is 0 Å². The van der Waals surface area contributed by atoms with Crippen molar-refractivity contribution >= 4 is 43.0 Å². The van der Waals surface area contributed by atoms with Crippen molar-refractivity contribution in [3.05, 3.63) is 53.5 Å². The maximum absolute atomic E-state index is 12.3. The Hall–Kier alpha value is -2.29. The fourth-order valence-corrected chi connectivity index (χ4v) is 4.60. The molecule has 1 heterocycles. The van der Waals surface area contributed by atoms with Crippen LogP contribution < -0.4 is 10.2 Å². The van der Waals surface area contributed by atoms with Gasteiger partial charge in [-0.15, -0.1) is 11.3 Å². The van der Waals surface area contributed by atoms with Crippen LogP contribution in [0.1, 0.15) is 5.01 Å². The predicted molar refractivity (Wildman–Crippen MR) is 103 cm³/mol. The van der Waals surface area contributed by atoms with Crippen LogP contribution in [-0.4, -0.2) is 39.2 Å². The molecule has 0 aliphatic heterocycles. The quantitative estimate of drug-likeness (QED) is 0.666. The Labute approximate surface area is 156 Å². The number of nitrogens with zero attached hydrogens (tertiary/aromatic N) is 1. The Balaban J connectivity index is 1.65. The first-order valence-electron chi connectivity index (χ1n) is 8.07. The van der Waals surface area contributed by atoms with E-state index in [1.165, 1.54) is 6.07 Å². The van der Waals surface area contributed by atoms with Crippen molar-refractivity contribution < 1.29 is 18.1 Å². The van der Waals surface area contributed by atoms with Crippen molar-refractivity contribution in [2.45, 2.75) is 11.4 Å². The lowest BCUT2D eigenvalue weighted by atomic mass is 10.3. The lowest BCUT2D eigenvalue weighted by molar-refractivity contribution is -0.885. The number of carbonyl (C=O) groups excluding carboxylic acids is 1. The van der Waals surface area contributed by atoms with E-state index in [1.54, 1.807) is 29.5 Å². The monoisotopic (exact) mass is 390 g/mol. The van der Waals surface area contributed by atoms with Crippen molar-refractivity contribution in [2.75, 3.05) is 25.2 Å². The number of thiazole rings is 1. The van der Waals surface area contributed by atoms with Crippen LogP contribution in [0.25, 0.3) is 10.2 Å². The van der Waals surface area contributed by atoms with Crippen LogP contribution in [0.15, 0.2) is 53.4 Å². The van der Waals surface area contributed by atoms with Gasteiger partial charge in [0.05, 0.1) is 27.8 Å². The van der Waals surface area contributed by atoms with E-state index in [2.05, 4.69) is 10.3 Å². The summed E-state index contributed by atoms with van der Waals surface area (Å²) < 4.78 is 24.8. The standard InChI is InChI=1S/C18H19N3O3S2/c1-21(12-18-20-13-7-3-5-9-15(13)25-18)11-17(22)19-14-8-4-6-10-16(14)26(2,23)24/h3-10H,11-12H2,1-2H3,(H,19,22)/p+1. The van der Waals surface area contributed by atoms with E-state index in [1.807, 2.05) is 31.3 Å². The first-order chi connectivity index (χ1) is 12.3. The molecular formula is C18H20N3O3S2+. The number of carbonyl (C=O) groups is 1. The van der Waals surface area contributed by atoms with Crippen molar-refractivity contribution in [3.8, 4) is 0 Å². The Morgan fingerprint density at radius 3 is 2.58 bits per heavy atom. The van der Waals surface area contributed by atoms with E-state index in [0.29, 0.717) is 12.2 Å². The highest BCUT2D eigenvalue weighted by Crippen LogP contribution is 2.21. The molecule has 0 saturated heterocycles. The lowest BCUT2D eigenvalue weighted by Crippen LogP contribution is -3.08. The molecule has 8 heteroatoms. The first-order valence-corrected chi connectivity index (χ1v) is 10.8. The molecular weight excluding hydrogens is 370 g/mol. The summed E-state index contributed by atoms with van der Waals surface area (Å²) in [5, 5.41) is 3.67. The van der Waals surface area contributed by atoms with Crippen molar-refractivity contribution in [1.29, 1.82) is 0 Å². The van der Waals surface area contributed by atoms with Gasteiger partial charge in [-0.3, -0.25) is 4.79 Å². The summed E-state index contributed by atoms with van der Waals surface area (Å²) in [5.41, 5.74) is 1.28. The van der Waals surface area contributed by atoms with Crippen LogP contribution in [0.4, 0.5) is 5.69 Å². The number of hydrogen-bond donors (Lipinski definition) is 2. The third-order valence-corrected chi connectivity index (χ3v) is 6.01. The summed E-state index contributed by atoms with van der Waals surface area (Å²) in [4.78, 5) is 18.0. The summed E-state index contributed by atoms with van der Waals surface area (Å²) >= 11 is 1.62. The number of amides is 1. The summed E-state index contributed by atoms with van der Waals surface area (Å²) in [6.45, 7) is 0.842. The fraction of sp³-hybridized carbons (Fsp3) is 0.222. The van der Waals surface area contributed by atoms with Crippen molar-refractivity contribution in [1.82, 2.24) is 4.98 Å². The Morgan fingerprint density at radius 2 is 1.85 bits per heavy atom. The van der Waals surface area contributed by atoms with E-state index < -0.39 is 9.84 Å². The maximum Gasteiger partial charge on any atom is 0.279 e. The number of sulfone groups is 1. The Kier molecular flexibility index (Phi) is 5.36. The number of benzene rings is 2. The average molecular weight is 391 g/mol. The van der Waals surface area contributed by atoms with Gasteiger partial charge < -0.3 is 10.2 Å². The number of hydrogen-bond acceptors (Lipinski definition) is 5. The smallest absolute Gasteiger partial charge is 0.279 e. The zero-order chi connectivity index (χ0) is 18.7. The second-order valence-corrected chi connectivity index (χ2v) is 9.30. The van der Waals surface area contributed by atoms with Crippen LogP contribution in [0.5, 0.6) is 0 Å². The molecule has 0 radical (unpaired) electrons. The number of likely N-dealkylation sites (N-methyl/N-ethyl adjacent to an activating group) is 1. The molecule has 6 nitrogen and oxygen atoms in total. The number of quaternary nitrogens is 1. The molecule has 0 spiro atoms. The van der Waals surface area contributed by atoms with E-state index in [0.717, 1.165) is 26.4 Å². The molecule has 0 fully saturated rings. The van der Waals surface area contributed by atoms with Crippen LogP contribution in [0.2, 0.25) is 0 Å². The van der Waals surface area contributed by atoms with E-state index in [-0.39, 0.29) is 17.3 Å². The zero-order valence-electron chi connectivity index (χ0n) is 14.5. The first kappa shape index (κ1) is 18.5. The van der Waals surface area contributed by atoms with Crippen molar-refractivity contribution in [3.63, 3.8) is 0 Å². The normalized spacial score (nSPS) is 12.8. The highest BCUT2D eigenvalue weighted by atomic mass is 32.2. The second-order valence-electron chi connectivity index (χ2n) is 6.20. The number of anilines is 1. The van der Waals surface area contributed by atoms with Gasteiger partial charge in [0.25, 0.3) is 5.91 Å². The van der Waals surface area contributed by atoms with Gasteiger partial charge in [0, 0.05) is 6.26 Å². The molecule has 0 aliphatic rings. The zero-order valence-corrected chi connectivity index (χ0v) is 16.2. The van der Waals surface area contributed by atoms with Gasteiger partial charge in [-0.25, -0.2) is 13.4 Å². The molecule has 1 unspecified atom stereocenters. The van der Waals surface area contributed by atoms with Crippen LogP contribution in [0.3, 0.4) is 0 Å². The van der Waals surface area contributed by atoms with Gasteiger partial charge in [-0.05, 0) is 24.3 Å². The predicted octanol–water partition coefficient (Wildman–Crippen LogP) is 1.35. The maximum atomic E-state index is 12.3. The number of para-hydroxylation sites is 2. The highest BCUT2D eigenvalue weighted by molar-refractivity contribution is 7.90. The van der Waals surface area contributed by atoms with Gasteiger partial charge in [-0.1, -0.05) is 24.3 Å². The molecule has 1 atom stereocenters. The van der Waals surface area contributed by atoms with Gasteiger partial charge in [0.2, 0.25) is 0 Å². The largest absolute Gasteiger partial charge is 0.324 e.